The van der Waals surface area contributed by atoms with Gasteiger partial charge in [0.1, 0.15) is 13.2 Å². The van der Waals surface area contributed by atoms with E-state index >= 15 is 0 Å². The summed E-state index contributed by atoms with van der Waals surface area (Å²) in [6.07, 6.45) is 99.2. The molecule has 97 heavy (non-hydrogen) atoms. The molecule has 0 saturated carbocycles. The number of likely N-dealkylation sites (N-methyl/N-ethyl adjacent to an activating group) is 1. The second-order valence-corrected chi connectivity index (χ2v) is 31.2. The van der Waals surface area contributed by atoms with Gasteiger partial charge in [-0.25, -0.2) is 0 Å². The van der Waals surface area contributed by atoms with Crippen molar-refractivity contribution in [3.63, 3.8) is 0 Å². The highest BCUT2D eigenvalue weighted by atomic mass is 16.7. The van der Waals surface area contributed by atoms with Crippen LogP contribution < -0.4 is 5.11 Å². The molecule has 0 aliphatic rings. The van der Waals surface area contributed by atoms with Crippen LogP contribution in [0.15, 0.2) is 24.3 Å². The minimum Gasteiger partial charge on any atom is -0.545 e. The van der Waals surface area contributed by atoms with Gasteiger partial charge in [-0.2, -0.15) is 0 Å². The molecule has 0 rings (SSSR count). The van der Waals surface area contributed by atoms with Crippen molar-refractivity contribution in [1.82, 2.24) is 0 Å². The summed E-state index contributed by atoms with van der Waals surface area (Å²) in [5.41, 5.74) is 0. The van der Waals surface area contributed by atoms with E-state index in [-0.39, 0.29) is 32.2 Å². The molecule has 0 saturated heterocycles. The van der Waals surface area contributed by atoms with Gasteiger partial charge in [-0.3, -0.25) is 9.59 Å². The van der Waals surface area contributed by atoms with E-state index in [0.29, 0.717) is 17.4 Å². The Morgan fingerprint density at radius 2 is 0.526 bits per heavy atom. The Balaban J connectivity index is 3.90. The van der Waals surface area contributed by atoms with E-state index < -0.39 is 24.3 Å². The molecule has 0 N–H and O–H groups in total. The summed E-state index contributed by atoms with van der Waals surface area (Å²) >= 11 is 0. The summed E-state index contributed by atoms with van der Waals surface area (Å²) in [6, 6.07) is 0. The van der Waals surface area contributed by atoms with E-state index in [0.717, 1.165) is 38.5 Å². The minimum absolute atomic E-state index is 0.152. The van der Waals surface area contributed by atoms with E-state index in [9.17, 15) is 19.5 Å². The SMILES string of the molecule is CCCCCCCCCC/C=C\CCCCCCCCCCCCCCCCCCCCCCCCCCCCCCCC(=O)OC(COC(=O)CCCCCCCCCCCCCCCCCCCCC/C=C\CCCCCCCCCC)COC(OCC[N+](C)(C)C)C(=O)[O-]. The topological polar surface area (TPSA) is 111 Å². The Labute approximate surface area is 605 Å². The van der Waals surface area contributed by atoms with Gasteiger partial charge in [-0.05, 0) is 64.2 Å². The molecule has 0 amide bonds. The van der Waals surface area contributed by atoms with E-state index in [1.807, 2.05) is 21.1 Å². The molecule has 0 aliphatic carbocycles. The van der Waals surface area contributed by atoms with Crippen LogP contribution in [0.1, 0.15) is 463 Å². The molecule has 9 nitrogen and oxygen atoms in total. The molecule has 2 atom stereocenters. The normalized spacial score (nSPS) is 12.6. The largest absolute Gasteiger partial charge is 0.545 e. The number of rotatable bonds is 83. The Morgan fingerprint density at radius 3 is 0.763 bits per heavy atom. The van der Waals surface area contributed by atoms with Gasteiger partial charge < -0.3 is 33.3 Å². The van der Waals surface area contributed by atoms with Gasteiger partial charge in [0.15, 0.2) is 12.4 Å². The summed E-state index contributed by atoms with van der Waals surface area (Å²) in [7, 11) is 5.96. The van der Waals surface area contributed by atoms with E-state index in [2.05, 4.69) is 38.2 Å². The third kappa shape index (κ3) is 80.9. The molecule has 0 aromatic carbocycles. The molecular weight excluding hydrogens is 1200 g/mol. The van der Waals surface area contributed by atoms with E-state index in [1.54, 1.807) is 0 Å². The van der Waals surface area contributed by atoms with Crippen molar-refractivity contribution in [3.8, 4) is 0 Å². The molecule has 0 aromatic rings. The number of carboxylic acid groups (broad SMARTS) is 1. The minimum atomic E-state index is -1.62. The predicted molar refractivity (Wildman–Crippen MR) is 417 cm³/mol. The number of nitrogens with zero attached hydrogens (tertiary/aromatic N) is 1. The van der Waals surface area contributed by atoms with Gasteiger partial charge in [-0.15, -0.1) is 0 Å². The van der Waals surface area contributed by atoms with Crippen LogP contribution in [0.2, 0.25) is 0 Å². The quantitative estimate of drug-likeness (QED) is 0.0195. The van der Waals surface area contributed by atoms with Crippen molar-refractivity contribution in [2.75, 3.05) is 47.5 Å². The Morgan fingerprint density at radius 1 is 0.299 bits per heavy atom. The molecule has 9 heteroatoms. The van der Waals surface area contributed by atoms with Crippen LogP contribution in [0.4, 0.5) is 0 Å². The van der Waals surface area contributed by atoms with Crippen LogP contribution in [0.3, 0.4) is 0 Å². The monoisotopic (exact) mass is 1370 g/mol. The zero-order valence-corrected chi connectivity index (χ0v) is 66.0. The second kappa shape index (κ2) is 79.5. The zero-order chi connectivity index (χ0) is 70.4. The van der Waals surface area contributed by atoms with Gasteiger partial charge in [0.2, 0.25) is 0 Å². The van der Waals surface area contributed by atoms with Gasteiger partial charge in [0.05, 0.1) is 40.3 Å². The maximum Gasteiger partial charge on any atom is 0.306 e. The number of quaternary nitrogens is 1. The molecule has 0 fully saturated rings. The number of hydrogen-bond donors (Lipinski definition) is 0. The summed E-state index contributed by atoms with van der Waals surface area (Å²) in [6.45, 7) is 4.84. The second-order valence-electron chi connectivity index (χ2n) is 31.2. The average molecular weight is 1370 g/mol. The van der Waals surface area contributed by atoms with Crippen molar-refractivity contribution >= 4 is 17.9 Å². The maximum absolute atomic E-state index is 13.0. The Kier molecular flexibility index (Phi) is 77.6. The standard InChI is InChI=1S/C88H169NO8/c1-6-8-10-12-14-16-18-20-22-24-26-28-30-32-34-36-38-39-40-41-42-43-44-45-46-47-49-51-53-55-57-59-61-63-65-67-69-71-73-75-77-79-86(91)97-84(83-96-88(87(92)93)94-81-80-89(3,4)5)82-95-85(90)78-76-74-72-70-68-66-64-62-60-58-56-54-52-50-48-37-35-33-31-29-27-25-23-21-19-17-15-13-11-9-7-2/h24-27,84,88H,6-23,28-83H2,1-5H3/b26-24-,27-25-. The molecule has 0 aromatic heterocycles. The first-order valence-corrected chi connectivity index (χ1v) is 43.5. The lowest BCUT2D eigenvalue weighted by Crippen LogP contribution is -2.44. The van der Waals surface area contributed by atoms with Crippen LogP contribution in [-0.4, -0.2) is 82.3 Å². The van der Waals surface area contributed by atoms with Crippen molar-refractivity contribution in [1.29, 1.82) is 0 Å². The first kappa shape index (κ1) is 94.8. The van der Waals surface area contributed by atoms with Crippen LogP contribution in [0.25, 0.3) is 0 Å². The van der Waals surface area contributed by atoms with Crippen LogP contribution >= 0.6 is 0 Å². The van der Waals surface area contributed by atoms with Crippen molar-refractivity contribution in [2.45, 2.75) is 476 Å². The number of ether oxygens (including phenoxy) is 4. The summed E-state index contributed by atoms with van der Waals surface area (Å²) in [4.78, 5) is 37.6. The Hall–Kier alpha value is -2.23. The van der Waals surface area contributed by atoms with Crippen LogP contribution in [0, 0.1) is 0 Å². The lowest BCUT2D eigenvalue weighted by atomic mass is 10.0. The zero-order valence-electron chi connectivity index (χ0n) is 66.0. The van der Waals surface area contributed by atoms with E-state index in [4.69, 9.17) is 18.9 Å². The molecule has 0 spiro atoms. The van der Waals surface area contributed by atoms with Gasteiger partial charge in [-0.1, -0.05) is 411 Å². The first-order chi connectivity index (χ1) is 47.6. The lowest BCUT2D eigenvalue weighted by molar-refractivity contribution is -0.870. The van der Waals surface area contributed by atoms with Gasteiger partial charge in [0, 0.05) is 12.8 Å². The average Bonchev–Trinajstić information content (AvgIpc) is 3.27. The van der Waals surface area contributed by atoms with Crippen molar-refractivity contribution < 1.29 is 42.9 Å². The van der Waals surface area contributed by atoms with Crippen LogP contribution in [-0.2, 0) is 33.3 Å². The third-order valence-corrected chi connectivity index (χ3v) is 20.2. The molecule has 0 radical (unpaired) electrons. The smallest absolute Gasteiger partial charge is 0.306 e. The highest BCUT2D eigenvalue weighted by Gasteiger charge is 2.22. The number of allylic oxidation sites excluding steroid dienone is 4. The fourth-order valence-electron chi connectivity index (χ4n) is 13.5. The summed E-state index contributed by atoms with van der Waals surface area (Å²) in [5.74, 6) is -2.24. The highest BCUT2D eigenvalue weighted by Crippen LogP contribution is 2.21. The van der Waals surface area contributed by atoms with Gasteiger partial charge >= 0.3 is 11.9 Å². The number of carbonyl (C=O) groups is 3. The maximum atomic E-state index is 13.0. The Bertz CT molecular complexity index is 1640. The molecule has 574 valence electrons. The fourth-order valence-corrected chi connectivity index (χ4v) is 13.5. The molecule has 0 heterocycles. The van der Waals surface area contributed by atoms with E-state index in [1.165, 1.54) is 398 Å². The number of unbranched alkanes of at least 4 members (excludes halogenated alkanes) is 64. The number of carbonyl (C=O) groups excluding carboxylic acids is 3. The molecule has 2 unspecified atom stereocenters. The third-order valence-electron chi connectivity index (χ3n) is 20.2. The number of hydrogen-bond acceptors (Lipinski definition) is 8. The summed E-state index contributed by atoms with van der Waals surface area (Å²) in [5, 5.41) is 11.9. The highest BCUT2D eigenvalue weighted by molar-refractivity contribution is 5.70. The lowest BCUT2D eigenvalue weighted by Gasteiger charge is -2.26. The molecule has 0 bridgehead atoms. The van der Waals surface area contributed by atoms with Crippen LogP contribution in [0.5, 0.6) is 0 Å². The fraction of sp³-hybridized carbons (Fsp3) is 0.920. The van der Waals surface area contributed by atoms with Crippen molar-refractivity contribution in [2.24, 2.45) is 0 Å². The summed E-state index contributed by atoms with van der Waals surface area (Å²) < 4.78 is 22.9. The first-order valence-electron chi connectivity index (χ1n) is 43.5. The number of esters is 2. The predicted octanol–water partition coefficient (Wildman–Crippen LogP) is 26.7. The van der Waals surface area contributed by atoms with Gasteiger partial charge in [0.25, 0.3) is 0 Å². The molecular formula is C88H169NO8. The number of carboxylic acids is 1. The molecule has 0 aliphatic heterocycles. The van der Waals surface area contributed by atoms with Crippen molar-refractivity contribution in [3.05, 3.63) is 24.3 Å². The number of aliphatic carboxylic acids is 1.